The van der Waals surface area contributed by atoms with Crippen LogP contribution in [-0.2, 0) is 4.79 Å². The molecule has 0 unspecified atom stereocenters. The maximum Gasteiger partial charge on any atom is 0.238 e. The highest BCUT2D eigenvalue weighted by atomic mass is 16.5. The first-order valence-corrected chi connectivity index (χ1v) is 5.30. The molecular weight excluding hydrogens is 204 g/mol. The minimum atomic E-state index is -0.0443. The third kappa shape index (κ3) is 3.90. The minimum absolute atomic E-state index is 0.0443. The van der Waals surface area contributed by atoms with E-state index >= 15 is 0 Å². The highest BCUT2D eigenvalue weighted by Gasteiger charge is 2.07. The molecule has 1 amide bonds. The van der Waals surface area contributed by atoms with Gasteiger partial charge in [0.15, 0.2) is 0 Å². The van der Waals surface area contributed by atoms with E-state index in [4.69, 9.17) is 4.74 Å². The summed E-state index contributed by atoms with van der Waals surface area (Å²) in [6.45, 7) is 2.86. The molecular formula is C12H18N2O2. The average molecular weight is 222 g/mol. The van der Waals surface area contributed by atoms with Crippen LogP contribution in [0.15, 0.2) is 24.3 Å². The number of nitrogens with one attached hydrogen (secondary N) is 1. The molecule has 1 aromatic carbocycles. The van der Waals surface area contributed by atoms with Crippen molar-refractivity contribution < 1.29 is 9.53 Å². The summed E-state index contributed by atoms with van der Waals surface area (Å²) in [5, 5.41) is 2.82. The van der Waals surface area contributed by atoms with Crippen LogP contribution in [0.4, 0.5) is 5.69 Å². The Morgan fingerprint density at radius 2 is 2.06 bits per heavy atom. The first-order chi connectivity index (χ1) is 7.63. The Balaban J connectivity index is 2.68. The van der Waals surface area contributed by atoms with Crippen LogP contribution in [0.1, 0.15) is 6.92 Å². The molecule has 4 nitrogen and oxygen atoms in total. The second-order valence-corrected chi connectivity index (χ2v) is 3.72. The first-order valence-electron chi connectivity index (χ1n) is 5.30. The van der Waals surface area contributed by atoms with Crippen molar-refractivity contribution in [2.75, 3.05) is 32.6 Å². The highest BCUT2D eigenvalue weighted by Crippen LogP contribution is 2.23. The summed E-state index contributed by atoms with van der Waals surface area (Å²) in [4.78, 5) is 13.4. The topological polar surface area (TPSA) is 41.6 Å². The summed E-state index contributed by atoms with van der Waals surface area (Å²) in [6, 6.07) is 7.42. The van der Waals surface area contributed by atoms with Gasteiger partial charge in [-0.2, -0.15) is 0 Å². The molecule has 0 saturated heterocycles. The van der Waals surface area contributed by atoms with E-state index in [0.29, 0.717) is 18.9 Å². The lowest BCUT2D eigenvalue weighted by Gasteiger charge is -2.13. The Kier molecular flexibility index (Phi) is 4.79. The zero-order chi connectivity index (χ0) is 12.0. The van der Waals surface area contributed by atoms with Gasteiger partial charge in [-0.25, -0.2) is 0 Å². The molecule has 16 heavy (non-hydrogen) atoms. The summed E-state index contributed by atoms with van der Waals surface area (Å²) in [5.41, 5.74) is 0.719. The molecule has 0 aliphatic carbocycles. The number of hydrogen-bond acceptors (Lipinski definition) is 3. The molecule has 0 radical (unpaired) electrons. The van der Waals surface area contributed by atoms with Crippen LogP contribution in [0.3, 0.4) is 0 Å². The quantitative estimate of drug-likeness (QED) is 0.822. The first kappa shape index (κ1) is 12.5. The molecule has 88 valence electrons. The van der Waals surface area contributed by atoms with Crippen molar-refractivity contribution >= 4 is 11.6 Å². The smallest absolute Gasteiger partial charge is 0.238 e. The number of amides is 1. The van der Waals surface area contributed by atoms with E-state index in [0.717, 1.165) is 5.69 Å². The highest BCUT2D eigenvalue weighted by molar-refractivity contribution is 5.93. The van der Waals surface area contributed by atoms with Crippen LogP contribution < -0.4 is 10.1 Å². The van der Waals surface area contributed by atoms with E-state index < -0.39 is 0 Å². The summed E-state index contributed by atoms with van der Waals surface area (Å²) in [5.74, 6) is 0.661. The van der Waals surface area contributed by atoms with Crippen molar-refractivity contribution in [1.82, 2.24) is 4.90 Å². The van der Waals surface area contributed by atoms with Crippen molar-refractivity contribution in [3.8, 4) is 5.75 Å². The largest absolute Gasteiger partial charge is 0.492 e. The molecule has 1 rings (SSSR count). The van der Waals surface area contributed by atoms with Crippen LogP contribution in [0, 0.1) is 0 Å². The fourth-order valence-electron chi connectivity index (χ4n) is 1.33. The Morgan fingerprint density at radius 1 is 1.38 bits per heavy atom. The van der Waals surface area contributed by atoms with Crippen LogP contribution >= 0.6 is 0 Å². The number of rotatable bonds is 5. The Bertz CT molecular complexity index is 351. The zero-order valence-corrected chi connectivity index (χ0v) is 9.99. The molecule has 0 heterocycles. The third-order valence-electron chi connectivity index (χ3n) is 1.92. The normalized spacial score (nSPS) is 10.2. The predicted molar refractivity (Wildman–Crippen MR) is 64.8 cm³/mol. The van der Waals surface area contributed by atoms with Gasteiger partial charge in [-0.05, 0) is 33.2 Å². The zero-order valence-electron chi connectivity index (χ0n) is 9.99. The molecule has 0 fully saturated rings. The van der Waals surface area contributed by atoms with Gasteiger partial charge in [0.2, 0.25) is 5.91 Å². The van der Waals surface area contributed by atoms with E-state index in [2.05, 4.69) is 5.32 Å². The molecule has 0 spiro atoms. The van der Waals surface area contributed by atoms with Gasteiger partial charge in [-0.1, -0.05) is 12.1 Å². The number of benzene rings is 1. The van der Waals surface area contributed by atoms with Crippen molar-refractivity contribution in [2.45, 2.75) is 6.92 Å². The van der Waals surface area contributed by atoms with Crippen molar-refractivity contribution in [2.24, 2.45) is 0 Å². The number of carbonyl (C=O) groups is 1. The maximum atomic E-state index is 11.6. The lowest BCUT2D eigenvalue weighted by atomic mass is 10.3. The number of carbonyl (C=O) groups excluding carboxylic acids is 1. The Morgan fingerprint density at radius 3 is 2.69 bits per heavy atom. The fourth-order valence-corrected chi connectivity index (χ4v) is 1.33. The van der Waals surface area contributed by atoms with E-state index in [1.165, 1.54) is 0 Å². The van der Waals surface area contributed by atoms with Gasteiger partial charge in [0.05, 0.1) is 18.8 Å². The molecule has 4 heteroatoms. The van der Waals surface area contributed by atoms with Crippen LogP contribution in [0.5, 0.6) is 5.75 Å². The van der Waals surface area contributed by atoms with E-state index in [1.807, 2.05) is 50.2 Å². The van der Waals surface area contributed by atoms with Gasteiger partial charge in [0, 0.05) is 0 Å². The summed E-state index contributed by atoms with van der Waals surface area (Å²) in [6.07, 6.45) is 0. The van der Waals surface area contributed by atoms with Gasteiger partial charge >= 0.3 is 0 Å². The van der Waals surface area contributed by atoms with Gasteiger partial charge in [0.25, 0.3) is 0 Å². The Labute approximate surface area is 96.2 Å². The lowest BCUT2D eigenvalue weighted by Crippen LogP contribution is -2.27. The van der Waals surface area contributed by atoms with E-state index in [9.17, 15) is 4.79 Å². The molecule has 0 bridgehead atoms. The lowest BCUT2D eigenvalue weighted by molar-refractivity contribution is -0.116. The second kappa shape index (κ2) is 6.12. The monoisotopic (exact) mass is 222 g/mol. The van der Waals surface area contributed by atoms with Gasteiger partial charge in [-0.3, -0.25) is 4.79 Å². The number of likely N-dealkylation sites (N-methyl/N-ethyl adjacent to an activating group) is 1. The number of para-hydroxylation sites is 2. The van der Waals surface area contributed by atoms with Crippen LogP contribution in [0.25, 0.3) is 0 Å². The third-order valence-corrected chi connectivity index (χ3v) is 1.92. The number of anilines is 1. The van der Waals surface area contributed by atoms with Crippen molar-refractivity contribution in [3.05, 3.63) is 24.3 Å². The SMILES string of the molecule is CCOc1ccccc1NC(=O)CN(C)C. The molecule has 0 aromatic heterocycles. The van der Waals surface area contributed by atoms with Crippen molar-refractivity contribution in [1.29, 1.82) is 0 Å². The molecule has 0 saturated carbocycles. The fraction of sp³-hybridized carbons (Fsp3) is 0.417. The molecule has 0 aliphatic heterocycles. The average Bonchev–Trinajstić information content (AvgIpc) is 2.20. The molecule has 1 aromatic rings. The maximum absolute atomic E-state index is 11.6. The molecule has 0 atom stereocenters. The Hall–Kier alpha value is -1.55. The summed E-state index contributed by atoms with van der Waals surface area (Å²) >= 11 is 0. The number of ether oxygens (including phenoxy) is 1. The standard InChI is InChI=1S/C12H18N2O2/c1-4-16-11-8-6-5-7-10(11)13-12(15)9-14(2)3/h5-8H,4,9H2,1-3H3,(H,13,15). The second-order valence-electron chi connectivity index (χ2n) is 3.72. The van der Waals surface area contributed by atoms with Gasteiger partial charge in [-0.15, -0.1) is 0 Å². The van der Waals surface area contributed by atoms with Gasteiger partial charge < -0.3 is 15.0 Å². The summed E-state index contributed by atoms with van der Waals surface area (Å²) < 4.78 is 5.41. The minimum Gasteiger partial charge on any atom is -0.492 e. The predicted octanol–water partition coefficient (Wildman–Crippen LogP) is 1.59. The van der Waals surface area contributed by atoms with Crippen molar-refractivity contribution in [3.63, 3.8) is 0 Å². The van der Waals surface area contributed by atoms with E-state index in [-0.39, 0.29) is 5.91 Å². The van der Waals surface area contributed by atoms with Crippen LogP contribution in [0.2, 0.25) is 0 Å². The molecule has 0 aliphatic rings. The molecule has 1 N–H and O–H groups in total. The van der Waals surface area contributed by atoms with Crippen LogP contribution in [-0.4, -0.2) is 38.1 Å². The van der Waals surface area contributed by atoms with E-state index in [1.54, 1.807) is 0 Å². The van der Waals surface area contributed by atoms with Gasteiger partial charge in [0.1, 0.15) is 5.75 Å². The number of hydrogen-bond donors (Lipinski definition) is 1. The number of nitrogens with zero attached hydrogens (tertiary/aromatic N) is 1. The summed E-state index contributed by atoms with van der Waals surface area (Å²) in [7, 11) is 3.71.